The number of piperidine rings is 1. The van der Waals surface area contributed by atoms with Gasteiger partial charge in [-0.15, -0.1) is 0 Å². The molecular weight excluding hydrogens is 642 g/mol. The molecule has 0 radical (unpaired) electrons. The Balaban J connectivity index is 1.12. The number of ether oxygens (including phenoxy) is 1. The van der Waals surface area contributed by atoms with E-state index in [0.29, 0.717) is 29.2 Å². The number of anilines is 6. The minimum atomic E-state index is 0.426. The molecule has 2 aliphatic heterocycles. The SMILES string of the molecule is COc1cc(N2CCC(N3CCN(C)CC3)CC2)c(-c2cnn(C)c2)cc1Nc1nc(Nc2ccc3nccnc3c2N(C)C)c2cc[nH]c2n1. The number of nitrogens with zero attached hydrogens (tertiary/aromatic N) is 10. The Labute approximate surface area is 297 Å². The number of aromatic nitrogens is 7. The largest absolute Gasteiger partial charge is 0.494 e. The summed E-state index contributed by atoms with van der Waals surface area (Å²) in [5.74, 6) is 1.79. The highest BCUT2D eigenvalue weighted by molar-refractivity contribution is 5.99. The maximum absolute atomic E-state index is 6.03. The molecule has 51 heavy (non-hydrogen) atoms. The predicted molar refractivity (Wildman–Crippen MR) is 204 cm³/mol. The summed E-state index contributed by atoms with van der Waals surface area (Å²) < 4.78 is 7.88. The molecule has 0 saturated carbocycles. The average Bonchev–Trinajstić information content (AvgIpc) is 3.81. The van der Waals surface area contributed by atoms with Crippen LogP contribution in [0, 0.1) is 0 Å². The van der Waals surface area contributed by atoms with E-state index in [1.54, 1.807) is 19.5 Å². The Morgan fingerprint density at radius 2 is 1.71 bits per heavy atom. The van der Waals surface area contributed by atoms with Crippen molar-refractivity contribution in [2.24, 2.45) is 7.05 Å². The van der Waals surface area contributed by atoms with Crippen LogP contribution in [0.15, 0.2) is 61.3 Å². The zero-order chi connectivity index (χ0) is 35.1. The Hall–Kier alpha value is -5.47. The number of aryl methyl sites for hydroxylation is 1. The summed E-state index contributed by atoms with van der Waals surface area (Å²) in [5, 5.41) is 12.5. The monoisotopic (exact) mass is 687 g/mol. The van der Waals surface area contributed by atoms with E-state index < -0.39 is 0 Å². The summed E-state index contributed by atoms with van der Waals surface area (Å²) in [7, 11) is 9.87. The number of likely N-dealkylation sites (N-methyl/N-ethyl adjacent to an activating group) is 1. The van der Waals surface area contributed by atoms with Crippen molar-refractivity contribution >= 4 is 56.6 Å². The topological polar surface area (TPSA) is 131 Å². The van der Waals surface area contributed by atoms with Gasteiger partial charge in [-0.2, -0.15) is 15.1 Å². The molecule has 0 spiro atoms. The second-order valence-corrected chi connectivity index (χ2v) is 13.7. The Bertz CT molecular complexity index is 2160. The molecule has 2 aromatic carbocycles. The lowest BCUT2D eigenvalue weighted by atomic mass is 9.98. The average molecular weight is 688 g/mol. The third kappa shape index (κ3) is 6.48. The van der Waals surface area contributed by atoms with E-state index in [-0.39, 0.29) is 0 Å². The Kier molecular flexibility index (Phi) is 8.78. The van der Waals surface area contributed by atoms with Gasteiger partial charge in [0.1, 0.15) is 22.7 Å². The summed E-state index contributed by atoms with van der Waals surface area (Å²) in [6.07, 6.45) is 11.5. The molecule has 4 aromatic heterocycles. The molecule has 0 unspecified atom stereocenters. The lowest BCUT2D eigenvalue weighted by Crippen LogP contribution is -2.52. The van der Waals surface area contributed by atoms with Crippen LogP contribution in [0.5, 0.6) is 5.75 Å². The predicted octanol–water partition coefficient (Wildman–Crippen LogP) is 5.08. The molecule has 3 N–H and O–H groups in total. The van der Waals surface area contributed by atoms with Gasteiger partial charge in [-0.05, 0) is 44.2 Å². The smallest absolute Gasteiger partial charge is 0.231 e. The van der Waals surface area contributed by atoms with E-state index in [9.17, 15) is 0 Å². The highest BCUT2D eigenvalue weighted by atomic mass is 16.5. The first-order valence-corrected chi connectivity index (χ1v) is 17.5. The first-order chi connectivity index (χ1) is 24.8. The van der Waals surface area contributed by atoms with Crippen LogP contribution in [-0.2, 0) is 7.05 Å². The highest BCUT2D eigenvalue weighted by Gasteiger charge is 2.29. The minimum absolute atomic E-state index is 0.426. The van der Waals surface area contributed by atoms with Crippen LogP contribution in [0.2, 0.25) is 0 Å². The van der Waals surface area contributed by atoms with E-state index in [0.717, 1.165) is 102 Å². The molecule has 6 aromatic rings. The van der Waals surface area contributed by atoms with Crippen molar-refractivity contribution in [2.75, 3.05) is 88.0 Å². The van der Waals surface area contributed by atoms with E-state index >= 15 is 0 Å². The number of aromatic amines is 1. The van der Waals surface area contributed by atoms with Crippen molar-refractivity contribution < 1.29 is 4.74 Å². The Morgan fingerprint density at radius 1 is 0.902 bits per heavy atom. The van der Waals surface area contributed by atoms with Gasteiger partial charge in [0.05, 0.1) is 41.3 Å². The van der Waals surface area contributed by atoms with Crippen LogP contribution < -0.4 is 25.2 Å². The van der Waals surface area contributed by atoms with Gasteiger partial charge in [0.2, 0.25) is 5.95 Å². The number of benzene rings is 2. The third-order valence-electron chi connectivity index (χ3n) is 10.2. The molecule has 0 amide bonds. The summed E-state index contributed by atoms with van der Waals surface area (Å²) in [6, 6.07) is 10.9. The number of H-pyrrole nitrogens is 1. The van der Waals surface area contributed by atoms with Gasteiger partial charge >= 0.3 is 0 Å². The van der Waals surface area contributed by atoms with Crippen LogP contribution in [-0.4, -0.2) is 118 Å². The molecular formula is C37H45N13O. The molecule has 8 rings (SSSR count). The lowest BCUT2D eigenvalue weighted by Gasteiger charge is -2.43. The molecule has 14 nitrogen and oxygen atoms in total. The van der Waals surface area contributed by atoms with E-state index in [1.165, 1.54) is 0 Å². The molecule has 6 heterocycles. The van der Waals surface area contributed by atoms with Gasteiger partial charge in [-0.25, -0.2) is 0 Å². The van der Waals surface area contributed by atoms with Crippen LogP contribution in [0.25, 0.3) is 33.2 Å². The molecule has 0 atom stereocenters. The maximum atomic E-state index is 6.03. The zero-order valence-corrected chi connectivity index (χ0v) is 29.9. The summed E-state index contributed by atoms with van der Waals surface area (Å²) >= 11 is 0. The van der Waals surface area contributed by atoms with E-state index in [1.807, 2.05) is 61.3 Å². The molecule has 264 valence electrons. The number of hydrogen-bond donors (Lipinski definition) is 3. The Morgan fingerprint density at radius 3 is 2.45 bits per heavy atom. The fraction of sp³-hybridized carbons (Fsp3) is 0.378. The van der Waals surface area contributed by atoms with Crippen LogP contribution in [0.3, 0.4) is 0 Å². The van der Waals surface area contributed by atoms with Gasteiger partial charge in [0, 0.05) is 114 Å². The summed E-state index contributed by atoms with van der Waals surface area (Å²) in [6.45, 7) is 6.55. The standard InChI is InChI=1S/C37H45N13O/c1-46(2)34-29(7-6-28-33(34)39-13-12-38-28)42-36-26-8-11-40-35(26)44-37(45-36)43-30-20-27(24-22-41-48(4)23-24)31(21-32(30)51-5)50-14-9-25(10-15-50)49-18-16-47(3)17-19-49/h6-8,11-13,20-23,25H,9-10,14-19H2,1-5H3,(H3,40,42,43,44,45). The van der Waals surface area contributed by atoms with Crippen molar-refractivity contribution in [3.8, 4) is 16.9 Å². The third-order valence-corrected chi connectivity index (χ3v) is 10.2. The van der Waals surface area contributed by atoms with Gasteiger partial charge in [0.25, 0.3) is 0 Å². The minimum Gasteiger partial charge on any atom is -0.494 e. The molecule has 14 heteroatoms. The second-order valence-electron chi connectivity index (χ2n) is 13.7. The zero-order valence-electron chi connectivity index (χ0n) is 29.9. The maximum Gasteiger partial charge on any atom is 0.231 e. The van der Waals surface area contributed by atoms with E-state index in [2.05, 4.69) is 70.8 Å². The van der Waals surface area contributed by atoms with Crippen LogP contribution >= 0.6 is 0 Å². The summed E-state index contributed by atoms with van der Waals surface area (Å²) in [4.78, 5) is 31.9. The molecule has 2 aliphatic rings. The van der Waals surface area contributed by atoms with E-state index in [4.69, 9.17) is 14.7 Å². The van der Waals surface area contributed by atoms with Crippen molar-refractivity contribution in [3.63, 3.8) is 0 Å². The normalized spacial score (nSPS) is 16.2. The molecule has 0 bridgehead atoms. The second kappa shape index (κ2) is 13.7. The number of fused-ring (bicyclic) bond motifs is 2. The highest BCUT2D eigenvalue weighted by Crippen LogP contribution is 2.42. The first-order valence-electron chi connectivity index (χ1n) is 17.5. The summed E-state index contributed by atoms with van der Waals surface area (Å²) in [5.41, 5.74) is 8.13. The van der Waals surface area contributed by atoms with Crippen molar-refractivity contribution in [1.82, 2.24) is 44.5 Å². The molecule has 2 fully saturated rings. The lowest BCUT2D eigenvalue weighted by molar-refractivity contribution is 0.0982. The van der Waals surface area contributed by atoms with Gasteiger partial charge < -0.3 is 35.1 Å². The van der Waals surface area contributed by atoms with Gasteiger partial charge in [-0.1, -0.05) is 0 Å². The van der Waals surface area contributed by atoms with Crippen LogP contribution in [0.1, 0.15) is 12.8 Å². The fourth-order valence-electron chi connectivity index (χ4n) is 7.46. The number of methoxy groups -OCH3 is 1. The quantitative estimate of drug-likeness (QED) is 0.187. The first kappa shape index (κ1) is 32.7. The number of nitrogens with one attached hydrogen (secondary N) is 3. The number of hydrogen-bond acceptors (Lipinski definition) is 12. The number of rotatable bonds is 9. The van der Waals surface area contributed by atoms with Crippen molar-refractivity contribution in [2.45, 2.75) is 18.9 Å². The van der Waals surface area contributed by atoms with Gasteiger partial charge in [-0.3, -0.25) is 19.5 Å². The molecule has 0 aliphatic carbocycles. The van der Waals surface area contributed by atoms with Crippen LogP contribution in [0.4, 0.5) is 34.5 Å². The molecule has 2 saturated heterocycles. The number of piperazine rings is 1. The van der Waals surface area contributed by atoms with Gasteiger partial charge in [0.15, 0.2) is 0 Å². The van der Waals surface area contributed by atoms with Crippen molar-refractivity contribution in [1.29, 1.82) is 0 Å². The fourth-order valence-corrected chi connectivity index (χ4v) is 7.46. The van der Waals surface area contributed by atoms with Crippen molar-refractivity contribution in [3.05, 3.63) is 61.3 Å².